The van der Waals surface area contributed by atoms with Crippen LogP contribution in [-0.4, -0.2) is 37.9 Å². The van der Waals surface area contributed by atoms with Crippen molar-refractivity contribution in [3.63, 3.8) is 0 Å². The van der Waals surface area contributed by atoms with E-state index in [-0.39, 0.29) is 10.8 Å². The summed E-state index contributed by atoms with van der Waals surface area (Å²) in [4.78, 5) is 14.3. The van der Waals surface area contributed by atoms with Crippen molar-refractivity contribution in [3.8, 4) is 0 Å². The third-order valence-corrected chi connectivity index (χ3v) is 5.17. The average molecular weight is 335 g/mol. The quantitative estimate of drug-likeness (QED) is 0.900. The predicted molar refractivity (Wildman–Crippen MR) is 88.6 cm³/mol. The van der Waals surface area contributed by atoms with Crippen LogP contribution >= 0.6 is 0 Å². The number of nitrogens with one attached hydrogen (secondary N) is 1. The van der Waals surface area contributed by atoms with Gasteiger partial charge in [-0.3, -0.25) is 4.79 Å². The minimum Gasteiger partial charge on any atom is -0.345 e. The zero-order valence-electron chi connectivity index (χ0n) is 13.7. The van der Waals surface area contributed by atoms with Crippen molar-refractivity contribution >= 4 is 15.9 Å². The smallest absolute Gasteiger partial charge is 0.270 e. The largest absolute Gasteiger partial charge is 0.345 e. The maximum absolute atomic E-state index is 12.6. The Bertz CT molecular complexity index is 825. The number of aromatic nitrogens is 1. The standard InChI is InChI=1S/C16H21N3O3S/c1-12-7-5-6-8-13(12)10-19(4)16(20)15-9-14(11-18(15)3)23(21,22)17-2/h5-9,11,17H,10H2,1-4H3. The van der Waals surface area contributed by atoms with E-state index in [9.17, 15) is 13.2 Å². The Hall–Kier alpha value is -2.12. The normalized spacial score (nSPS) is 11.5. The number of hydrogen-bond donors (Lipinski definition) is 1. The molecule has 0 atom stereocenters. The SMILES string of the molecule is CNS(=O)(=O)c1cc(C(=O)N(C)Cc2ccccc2C)n(C)c1. The van der Waals surface area contributed by atoms with Crippen LogP contribution in [0.15, 0.2) is 41.4 Å². The van der Waals surface area contributed by atoms with E-state index in [1.165, 1.54) is 23.9 Å². The van der Waals surface area contributed by atoms with Gasteiger partial charge in [0.05, 0.1) is 0 Å². The van der Waals surface area contributed by atoms with Gasteiger partial charge in [-0.1, -0.05) is 24.3 Å². The fraction of sp³-hybridized carbons (Fsp3) is 0.312. The number of hydrogen-bond acceptors (Lipinski definition) is 3. The fourth-order valence-electron chi connectivity index (χ4n) is 2.32. The van der Waals surface area contributed by atoms with E-state index in [0.717, 1.165) is 11.1 Å². The van der Waals surface area contributed by atoms with Gasteiger partial charge in [0.1, 0.15) is 10.6 Å². The molecule has 0 aliphatic heterocycles. The second kappa shape index (κ2) is 6.55. The number of rotatable bonds is 5. The summed E-state index contributed by atoms with van der Waals surface area (Å²) >= 11 is 0. The molecule has 1 aromatic heterocycles. The summed E-state index contributed by atoms with van der Waals surface area (Å²) in [7, 11) is 1.13. The molecular weight excluding hydrogens is 314 g/mol. The number of amides is 1. The van der Waals surface area contributed by atoms with Crippen molar-refractivity contribution in [2.45, 2.75) is 18.4 Å². The Morgan fingerprint density at radius 1 is 1.30 bits per heavy atom. The third-order valence-electron chi connectivity index (χ3n) is 3.79. The molecule has 0 fully saturated rings. The molecule has 0 radical (unpaired) electrons. The van der Waals surface area contributed by atoms with Gasteiger partial charge < -0.3 is 9.47 Å². The Morgan fingerprint density at radius 3 is 2.57 bits per heavy atom. The highest BCUT2D eigenvalue weighted by Crippen LogP contribution is 2.16. The summed E-state index contributed by atoms with van der Waals surface area (Å²) < 4.78 is 27.5. The molecule has 6 nitrogen and oxygen atoms in total. The van der Waals surface area contributed by atoms with Gasteiger partial charge in [0.25, 0.3) is 5.91 Å². The lowest BCUT2D eigenvalue weighted by atomic mass is 10.1. The number of aryl methyl sites for hydroxylation is 2. The Labute approximate surface area is 136 Å². The van der Waals surface area contributed by atoms with E-state index in [0.29, 0.717) is 12.2 Å². The van der Waals surface area contributed by atoms with E-state index >= 15 is 0 Å². The highest BCUT2D eigenvalue weighted by atomic mass is 32.2. The van der Waals surface area contributed by atoms with E-state index in [2.05, 4.69) is 4.72 Å². The van der Waals surface area contributed by atoms with E-state index in [1.807, 2.05) is 31.2 Å². The van der Waals surface area contributed by atoms with Gasteiger partial charge in [-0.05, 0) is 31.2 Å². The Balaban J connectivity index is 2.25. The molecule has 2 aromatic rings. The molecule has 7 heteroatoms. The van der Waals surface area contributed by atoms with Gasteiger partial charge >= 0.3 is 0 Å². The number of nitrogens with zero attached hydrogens (tertiary/aromatic N) is 2. The zero-order valence-corrected chi connectivity index (χ0v) is 14.5. The molecule has 1 heterocycles. The topological polar surface area (TPSA) is 71.4 Å². The Kier molecular flexibility index (Phi) is 4.91. The van der Waals surface area contributed by atoms with Crippen LogP contribution in [0.2, 0.25) is 0 Å². The summed E-state index contributed by atoms with van der Waals surface area (Å²) in [5, 5.41) is 0. The minimum atomic E-state index is -3.57. The molecule has 1 amide bonds. The van der Waals surface area contributed by atoms with Crippen molar-refractivity contribution in [1.29, 1.82) is 0 Å². The van der Waals surface area contributed by atoms with Crippen LogP contribution in [0.5, 0.6) is 0 Å². The molecule has 1 aromatic carbocycles. The first kappa shape index (κ1) is 17.2. The molecule has 124 valence electrons. The van der Waals surface area contributed by atoms with Crippen LogP contribution in [0.3, 0.4) is 0 Å². The molecule has 0 aliphatic rings. The Morgan fingerprint density at radius 2 is 1.96 bits per heavy atom. The summed E-state index contributed by atoms with van der Waals surface area (Å²) in [6, 6.07) is 9.24. The number of sulfonamides is 1. The molecule has 1 N–H and O–H groups in total. The van der Waals surface area contributed by atoms with Crippen molar-refractivity contribution in [2.24, 2.45) is 7.05 Å². The van der Waals surface area contributed by atoms with Crippen molar-refractivity contribution in [1.82, 2.24) is 14.2 Å². The fourth-order valence-corrected chi connectivity index (χ4v) is 3.12. The average Bonchev–Trinajstić information content (AvgIpc) is 2.91. The molecule has 2 rings (SSSR count). The molecule has 0 unspecified atom stereocenters. The molecule has 0 saturated heterocycles. The van der Waals surface area contributed by atoms with Crippen molar-refractivity contribution in [2.75, 3.05) is 14.1 Å². The summed E-state index contributed by atoms with van der Waals surface area (Å²) in [5.41, 5.74) is 2.49. The van der Waals surface area contributed by atoms with Gasteiger partial charge in [-0.25, -0.2) is 13.1 Å². The molecule has 23 heavy (non-hydrogen) atoms. The first-order valence-corrected chi connectivity index (χ1v) is 8.64. The molecule has 0 saturated carbocycles. The maximum atomic E-state index is 12.6. The van der Waals surface area contributed by atoms with E-state index < -0.39 is 10.0 Å². The van der Waals surface area contributed by atoms with Crippen LogP contribution < -0.4 is 4.72 Å². The van der Waals surface area contributed by atoms with Crippen LogP contribution in [0.25, 0.3) is 0 Å². The summed E-state index contributed by atoms with van der Waals surface area (Å²) in [6.45, 7) is 2.46. The predicted octanol–water partition coefficient (Wildman–Crippen LogP) is 1.51. The third kappa shape index (κ3) is 3.62. The number of benzene rings is 1. The molecule has 0 aliphatic carbocycles. The first-order chi connectivity index (χ1) is 10.8. The van der Waals surface area contributed by atoms with Gasteiger partial charge in [0.15, 0.2) is 0 Å². The molecular formula is C16H21N3O3S. The van der Waals surface area contributed by atoms with E-state index in [4.69, 9.17) is 0 Å². The van der Waals surface area contributed by atoms with Gasteiger partial charge in [0, 0.05) is 26.8 Å². The molecule has 0 bridgehead atoms. The van der Waals surface area contributed by atoms with Gasteiger partial charge in [-0.2, -0.15) is 0 Å². The lowest BCUT2D eigenvalue weighted by Gasteiger charge is -2.18. The highest BCUT2D eigenvalue weighted by Gasteiger charge is 2.21. The number of carbonyl (C=O) groups is 1. The van der Waals surface area contributed by atoms with E-state index in [1.54, 1.807) is 19.0 Å². The second-order valence-corrected chi connectivity index (χ2v) is 7.35. The van der Waals surface area contributed by atoms with Crippen LogP contribution in [0.4, 0.5) is 0 Å². The van der Waals surface area contributed by atoms with Crippen LogP contribution in [0.1, 0.15) is 21.6 Å². The lowest BCUT2D eigenvalue weighted by molar-refractivity contribution is 0.0775. The zero-order chi connectivity index (χ0) is 17.2. The first-order valence-electron chi connectivity index (χ1n) is 7.16. The van der Waals surface area contributed by atoms with Gasteiger partial charge in [-0.15, -0.1) is 0 Å². The van der Waals surface area contributed by atoms with Crippen molar-refractivity contribution in [3.05, 3.63) is 53.3 Å². The summed E-state index contributed by atoms with van der Waals surface area (Å²) in [5.74, 6) is -0.228. The highest BCUT2D eigenvalue weighted by molar-refractivity contribution is 7.89. The number of carbonyl (C=O) groups excluding carboxylic acids is 1. The minimum absolute atomic E-state index is 0.0788. The van der Waals surface area contributed by atoms with Crippen molar-refractivity contribution < 1.29 is 13.2 Å². The monoisotopic (exact) mass is 335 g/mol. The van der Waals surface area contributed by atoms with Crippen LogP contribution in [0, 0.1) is 6.92 Å². The second-order valence-electron chi connectivity index (χ2n) is 5.47. The molecule has 0 spiro atoms. The lowest BCUT2D eigenvalue weighted by Crippen LogP contribution is -2.28. The van der Waals surface area contributed by atoms with Crippen LogP contribution in [-0.2, 0) is 23.6 Å². The van der Waals surface area contributed by atoms with Gasteiger partial charge in [0.2, 0.25) is 10.0 Å². The summed E-state index contributed by atoms with van der Waals surface area (Å²) in [6.07, 6.45) is 1.43. The maximum Gasteiger partial charge on any atom is 0.270 e.